The summed E-state index contributed by atoms with van der Waals surface area (Å²) in [6.07, 6.45) is 0. The average molecular weight is 327 g/mol. The molecule has 2 rings (SSSR count). The number of alkyl halides is 1. The molecule has 2 aromatic rings. The van der Waals surface area contributed by atoms with Crippen molar-refractivity contribution in [1.82, 2.24) is 4.98 Å². The van der Waals surface area contributed by atoms with Crippen molar-refractivity contribution in [1.29, 1.82) is 0 Å². The van der Waals surface area contributed by atoms with E-state index in [0.717, 1.165) is 27.0 Å². The van der Waals surface area contributed by atoms with Crippen molar-refractivity contribution in [3.63, 3.8) is 0 Å². The molecule has 1 aromatic carbocycles. The number of benzene rings is 1. The highest BCUT2D eigenvalue weighted by Gasteiger charge is 2.04. The van der Waals surface area contributed by atoms with Crippen LogP contribution in [0.15, 0.2) is 34.8 Å². The largest absolute Gasteiger partial charge is 0.439 e. The summed E-state index contributed by atoms with van der Waals surface area (Å²) >= 11 is 9.26. The fraction of sp³-hybridized carbons (Fsp3) is 0.214. The van der Waals surface area contributed by atoms with Crippen molar-refractivity contribution in [2.45, 2.75) is 19.7 Å². The first-order valence-electron chi connectivity index (χ1n) is 5.56. The molecule has 0 radical (unpaired) electrons. The van der Waals surface area contributed by atoms with Crippen LogP contribution < -0.4 is 4.74 Å². The number of hydrogen-bond acceptors (Lipinski definition) is 2. The molecule has 94 valence electrons. The fourth-order valence-electron chi connectivity index (χ4n) is 1.57. The molecule has 0 aliphatic heterocycles. The Labute approximate surface area is 120 Å². The molecule has 0 aliphatic rings. The second kappa shape index (κ2) is 5.72. The normalized spacial score (nSPS) is 10.4. The van der Waals surface area contributed by atoms with Gasteiger partial charge >= 0.3 is 0 Å². The summed E-state index contributed by atoms with van der Waals surface area (Å²) in [6, 6.07) is 9.61. The molecule has 4 heteroatoms. The van der Waals surface area contributed by atoms with Crippen molar-refractivity contribution in [2.24, 2.45) is 0 Å². The van der Waals surface area contributed by atoms with Crippen LogP contribution in [-0.2, 0) is 5.88 Å². The first-order chi connectivity index (χ1) is 8.60. The first kappa shape index (κ1) is 13.4. The molecule has 0 amide bonds. The second-order valence-electron chi connectivity index (χ2n) is 4.04. The van der Waals surface area contributed by atoms with Gasteiger partial charge in [-0.2, -0.15) is 0 Å². The van der Waals surface area contributed by atoms with E-state index in [0.29, 0.717) is 11.8 Å². The van der Waals surface area contributed by atoms with Crippen LogP contribution in [0.5, 0.6) is 11.6 Å². The van der Waals surface area contributed by atoms with Gasteiger partial charge in [0, 0.05) is 22.1 Å². The Morgan fingerprint density at radius 3 is 2.61 bits per heavy atom. The van der Waals surface area contributed by atoms with Gasteiger partial charge in [0.05, 0.1) is 0 Å². The minimum absolute atomic E-state index is 0.469. The Kier molecular flexibility index (Phi) is 4.25. The molecular weight excluding hydrogens is 314 g/mol. The predicted octanol–water partition coefficient (Wildman–Crippen LogP) is 4.99. The minimum Gasteiger partial charge on any atom is -0.439 e. The van der Waals surface area contributed by atoms with Gasteiger partial charge in [0.25, 0.3) is 0 Å². The number of hydrogen-bond donors (Lipinski definition) is 0. The molecular formula is C14H13BrClNO. The smallest absolute Gasteiger partial charge is 0.219 e. The monoisotopic (exact) mass is 325 g/mol. The first-order valence-corrected chi connectivity index (χ1v) is 6.89. The van der Waals surface area contributed by atoms with Crippen molar-refractivity contribution in [2.75, 3.05) is 0 Å². The van der Waals surface area contributed by atoms with Crippen LogP contribution in [0.4, 0.5) is 0 Å². The van der Waals surface area contributed by atoms with Gasteiger partial charge in [-0.05, 0) is 43.2 Å². The fourth-order valence-corrected chi connectivity index (χ4v) is 2.10. The number of aryl methyl sites for hydroxylation is 2. The van der Waals surface area contributed by atoms with E-state index in [4.69, 9.17) is 16.3 Å². The zero-order valence-corrected chi connectivity index (χ0v) is 12.5. The van der Waals surface area contributed by atoms with Gasteiger partial charge in [-0.1, -0.05) is 22.0 Å². The molecule has 0 bridgehead atoms. The van der Waals surface area contributed by atoms with Gasteiger partial charge in [0.15, 0.2) is 0 Å². The Morgan fingerprint density at radius 2 is 2.00 bits per heavy atom. The minimum atomic E-state index is 0.469. The van der Waals surface area contributed by atoms with E-state index >= 15 is 0 Å². The van der Waals surface area contributed by atoms with Crippen LogP contribution in [0.1, 0.15) is 16.8 Å². The van der Waals surface area contributed by atoms with Crippen LogP contribution in [0.2, 0.25) is 0 Å². The molecule has 0 fully saturated rings. The highest BCUT2D eigenvalue weighted by Crippen LogP contribution is 2.25. The molecule has 0 unspecified atom stereocenters. The molecule has 0 aliphatic carbocycles. The van der Waals surface area contributed by atoms with Crippen molar-refractivity contribution >= 4 is 27.5 Å². The van der Waals surface area contributed by atoms with Crippen LogP contribution in [0, 0.1) is 13.8 Å². The number of nitrogens with zero attached hydrogens (tertiary/aromatic N) is 1. The lowest BCUT2D eigenvalue weighted by Gasteiger charge is -2.08. The lowest BCUT2D eigenvalue weighted by molar-refractivity contribution is 0.461. The summed E-state index contributed by atoms with van der Waals surface area (Å²) < 4.78 is 6.79. The third-order valence-electron chi connectivity index (χ3n) is 2.67. The summed E-state index contributed by atoms with van der Waals surface area (Å²) in [7, 11) is 0. The molecule has 1 heterocycles. The summed E-state index contributed by atoms with van der Waals surface area (Å²) in [5, 5.41) is 0. The Morgan fingerprint density at radius 1 is 1.22 bits per heavy atom. The van der Waals surface area contributed by atoms with Crippen LogP contribution >= 0.6 is 27.5 Å². The van der Waals surface area contributed by atoms with E-state index in [9.17, 15) is 0 Å². The standard InChI is InChI=1S/C14H13BrClNO/c1-9-7-12(4-5-13(9)15)18-14-6-3-11(8-16)10(2)17-14/h3-7H,8H2,1-2H3. The summed E-state index contributed by atoms with van der Waals surface area (Å²) in [4.78, 5) is 4.37. The molecule has 0 saturated carbocycles. The topological polar surface area (TPSA) is 22.1 Å². The third-order valence-corrected chi connectivity index (χ3v) is 3.84. The van der Waals surface area contributed by atoms with Gasteiger partial charge in [-0.3, -0.25) is 0 Å². The van der Waals surface area contributed by atoms with Crippen molar-refractivity contribution in [3.05, 3.63) is 51.6 Å². The maximum atomic E-state index is 5.80. The Hall–Kier alpha value is -1.06. The third kappa shape index (κ3) is 3.03. The molecule has 0 spiro atoms. The summed E-state index contributed by atoms with van der Waals surface area (Å²) in [5.74, 6) is 1.83. The number of ether oxygens (including phenoxy) is 1. The van der Waals surface area contributed by atoms with E-state index < -0.39 is 0 Å². The van der Waals surface area contributed by atoms with E-state index in [1.54, 1.807) is 0 Å². The molecule has 18 heavy (non-hydrogen) atoms. The predicted molar refractivity (Wildman–Crippen MR) is 77.5 cm³/mol. The van der Waals surface area contributed by atoms with E-state index in [1.807, 2.05) is 44.2 Å². The zero-order valence-electron chi connectivity index (χ0n) is 10.2. The van der Waals surface area contributed by atoms with E-state index in [1.165, 1.54) is 0 Å². The maximum absolute atomic E-state index is 5.80. The van der Waals surface area contributed by atoms with Crippen LogP contribution in [-0.4, -0.2) is 4.98 Å². The van der Waals surface area contributed by atoms with Crippen molar-refractivity contribution in [3.8, 4) is 11.6 Å². The molecule has 0 atom stereocenters. The highest BCUT2D eigenvalue weighted by molar-refractivity contribution is 9.10. The average Bonchev–Trinajstić information content (AvgIpc) is 2.34. The summed E-state index contributed by atoms with van der Waals surface area (Å²) in [5.41, 5.74) is 3.05. The Balaban J connectivity index is 2.23. The summed E-state index contributed by atoms with van der Waals surface area (Å²) in [6.45, 7) is 3.95. The van der Waals surface area contributed by atoms with E-state index in [-0.39, 0.29) is 0 Å². The SMILES string of the molecule is Cc1cc(Oc2ccc(CCl)c(C)n2)ccc1Br. The molecule has 2 nitrogen and oxygen atoms in total. The van der Waals surface area contributed by atoms with Gasteiger partial charge in [0.2, 0.25) is 5.88 Å². The highest BCUT2D eigenvalue weighted by atomic mass is 79.9. The second-order valence-corrected chi connectivity index (χ2v) is 5.16. The number of halogens is 2. The van der Waals surface area contributed by atoms with Crippen LogP contribution in [0.25, 0.3) is 0 Å². The quantitative estimate of drug-likeness (QED) is 0.741. The molecule has 1 aromatic heterocycles. The molecule has 0 saturated heterocycles. The lowest BCUT2D eigenvalue weighted by atomic mass is 10.2. The maximum Gasteiger partial charge on any atom is 0.219 e. The number of aromatic nitrogens is 1. The van der Waals surface area contributed by atoms with Gasteiger partial charge < -0.3 is 4.74 Å². The Bertz CT molecular complexity index is 572. The van der Waals surface area contributed by atoms with Crippen LogP contribution in [0.3, 0.4) is 0 Å². The van der Waals surface area contributed by atoms with E-state index in [2.05, 4.69) is 20.9 Å². The number of rotatable bonds is 3. The van der Waals surface area contributed by atoms with Gasteiger partial charge in [-0.15, -0.1) is 11.6 Å². The van der Waals surface area contributed by atoms with Gasteiger partial charge in [0.1, 0.15) is 5.75 Å². The zero-order chi connectivity index (χ0) is 13.1. The lowest BCUT2D eigenvalue weighted by Crippen LogP contribution is -1.94. The number of pyridine rings is 1. The molecule has 0 N–H and O–H groups in total. The van der Waals surface area contributed by atoms with Crippen molar-refractivity contribution < 1.29 is 4.74 Å². The van der Waals surface area contributed by atoms with Gasteiger partial charge in [-0.25, -0.2) is 4.98 Å².